The summed E-state index contributed by atoms with van der Waals surface area (Å²) in [5.41, 5.74) is 3.80. The molecule has 0 aliphatic heterocycles. The van der Waals surface area contributed by atoms with E-state index in [2.05, 4.69) is 32.0 Å². The van der Waals surface area contributed by atoms with Crippen molar-refractivity contribution in [1.29, 1.82) is 0 Å². The van der Waals surface area contributed by atoms with E-state index in [-0.39, 0.29) is 0 Å². The van der Waals surface area contributed by atoms with Crippen molar-refractivity contribution in [2.45, 2.75) is 32.6 Å². The minimum atomic E-state index is 0.329. The Labute approximate surface area is 85.1 Å². The topological polar surface area (TPSA) is 17.1 Å². The van der Waals surface area contributed by atoms with E-state index in [1.807, 2.05) is 6.42 Å². The predicted octanol–water partition coefficient (Wildman–Crippen LogP) is 2.88. The van der Waals surface area contributed by atoms with Gasteiger partial charge in [-0.25, -0.2) is 0 Å². The van der Waals surface area contributed by atoms with Crippen LogP contribution in [0, 0.1) is 6.42 Å². The third-order valence-electron chi connectivity index (χ3n) is 2.77. The van der Waals surface area contributed by atoms with Gasteiger partial charge in [-0.15, -0.1) is 0 Å². The molecule has 1 radical (unpaired) electrons. The van der Waals surface area contributed by atoms with Crippen LogP contribution in [-0.4, -0.2) is 5.78 Å². The van der Waals surface area contributed by atoms with Gasteiger partial charge in [-0.1, -0.05) is 32.0 Å². The first-order chi connectivity index (χ1) is 6.66. The van der Waals surface area contributed by atoms with Gasteiger partial charge in [-0.05, 0) is 29.0 Å². The molecule has 0 saturated carbocycles. The van der Waals surface area contributed by atoms with Gasteiger partial charge in [0.2, 0.25) is 0 Å². The Morgan fingerprint density at radius 1 is 1.29 bits per heavy atom. The number of benzene rings is 1. The fourth-order valence-electron chi connectivity index (χ4n) is 1.83. The Kier molecular flexibility index (Phi) is 2.40. The quantitative estimate of drug-likeness (QED) is 0.660. The van der Waals surface area contributed by atoms with Crippen LogP contribution < -0.4 is 0 Å². The Balaban J connectivity index is 2.36. The number of hydrogen-bond donors (Lipinski definition) is 0. The Bertz CT molecular complexity index is 363. The highest BCUT2D eigenvalue weighted by atomic mass is 16.1. The summed E-state index contributed by atoms with van der Waals surface area (Å²) in [6.45, 7) is 4.38. The highest BCUT2D eigenvalue weighted by molar-refractivity contribution is 5.85. The van der Waals surface area contributed by atoms with Crippen LogP contribution in [0.5, 0.6) is 0 Å². The molecule has 0 saturated heterocycles. The van der Waals surface area contributed by atoms with Crippen LogP contribution in [0.4, 0.5) is 0 Å². The lowest BCUT2D eigenvalue weighted by Crippen LogP contribution is -2.12. The third kappa shape index (κ3) is 1.72. The van der Waals surface area contributed by atoms with Crippen LogP contribution in [0.25, 0.3) is 0 Å². The van der Waals surface area contributed by atoms with E-state index in [0.717, 1.165) is 0 Å². The molecule has 0 spiro atoms. The summed E-state index contributed by atoms with van der Waals surface area (Å²) in [6, 6.07) is 6.45. The van der Waals surface area contributed by atoms with Crippen molar-refractivity contribution in [3.05, 3.63) is 41.3 Å². The van der Waals surface area contributed by atoms with E-state index >= 15 is 0 Å². The van der Waals surface area contributed by atoms with Crippen molar-refractivity contribution in [2.24, 2.45) is 0 Å². The van der Waals surface area contributed by atoms with E-state index in [0.29, 0.717) is 24.5 Å². The van der Waals surface area contributed by atoms with E-state index in [1.165, 1.54) is 16.7 Å². The lowest BCUT2D eigenvalue weighted by Gasteiger charge is -2.16. The zero-order valence-corrected chi connectivity index (χ0v) is 8.71. The highest BCUT2D eigenvalue weighted by Gasteiger charge is 2.16. The molecule has 1 aliphatic rings. The van der Waals surface area contributed by atoms with Gasteiger partial charge >= 0.3 is 0 Å². The fraction of sp³-hybridized carbons (Fsp3) is 0.385. The molecule has 1 aliphatic carbocycles. The van der Waals surface area contributed by atoms with Crippen molar-refractivity contribution < 1.29 is 4.79 Å². The molecule has 0 bridgehead atoms. The van der Waals surface area contributed by atoms with Crippen LogP contribution in [0.1, 0.15) is 42.9 Å². The minimum absolute atomic E-state index is 0.329. The van der Waals surface area contributed by atoms with Gasteiger partial charge in [0, 0.05) is 12.8 Å². The van der Waals surface area contributed by atoms with Gasteiger partial charge in [-0.3, -0.25) is 4.79 Å². The standard InChI is InChI=1S/C13H15O/c1-9(2)10-3-4-12-8-13(14)6-5-11(12)7-10/h3-5,7,9H,6,8H2,1-2H3. The Morgan fingerprint density at radius 3 is 2.79 bits per heavy atom. The second-order valence-electron chi connectivity index (χ2n) is 4.24. The molecule has 0 amide bonds. The van der Waals surface area contributed by atoms with Crippen LogP contribution in [-0.2, 0) is 11.2 Å². The number of carbonyl (C=O) groups is 1. The molecule has 73 valence electrons. The predicted molar refractivity (Wildman–Crippen MR) is 57.3 cm³/mol. The van der Waals surface area contributed by atoms with Crippen LogP contribution >= 0.6 is 0 Å². The van der Waals surface area contributed by atoms with Crippen molar-refractivity contribution in [2.75, 3.05) is 0 Å². The van der Waals surface area contributed by atoms with E-state index in [4.69, 9.17) is 0 Å². The largest absolute Gasteiger partial charge is 0.299 e. The number of fused-ring (bicyclic) bond motifs is 1. The Hall–Kier alpha value is -1.11. The Morgan fingerprint density at radius 2 is 2.07 bits per heavy atom. The summed E-state index contributed by atoms with van der Waals surface area (Å²) in [5, 5.41) is 0. The van der Waals surface area contributed by atoms with Crippen LogP contribution in [0.15, 0.2) is 18.2 Å². The van der Waals surface area contributed by atoms with Crippen molar-refractivity contribution in [3.8, 4) is 0 Å². The minimum Gasteiger partial charge on any atom is -0.299 e. The summed E-state index contributed by atoms with van der Waals surface area (Å²) < 4.78 is 0. The third-order valence-corrected chi connectivity index (χ3v) is 2.77. The zero-order valence-electron chi connectivity index (χ0n) is 8.71. The second-order valence-corrected chi connectivity index (χ2v) is 4.24. The number of ketones is 1. The first kappa shape index (κ1) is 9.45. The first-order valence-corrected chi connectivity index (χ1v) is 5.14. The van der Waals surface area contributed by atoms with Gasteiger partial charge in [0.15, 0.2) is 0 Å². The summed E-state index contributed by atoms with van der Waals surface area (Å²) in [6.07, 6.45) is 3.27. The maximum absolute atomic E-state index is 11.2. The summed E-state index contributed by atoms with van der Waals surface area (Å²) in [7, 11) is 0. The van der Waals surface area contributed by atoms with Gasteiger partial charge in [0.25, 0.3) is 0 Å². The molecule has 1 aromatic carbocycles. The molecule has 0 atom stereocenters. The van der Waals surface area contributed by atoms with Gasteiger partial charge < -0.3 is 0 Å². The van der Waals surface area contributed by atoms with E-state index < -0.39 is 0 Å². The zero-order chi connectivity index (χ0) is 10.1. The number of Topliss-reactive ketones (excluding diaryl/α,β-unsaturated/α-hetero) is 1. The fourth-order valence-corrected chi connectivity index (χ4v) is 1.83. The molecule has 14 heavy (non-hydrogen) atoms. The van der Waals surface area contributed by atoms with Gasteiger partial charge in [0.1, 0.15) is 5.78 Å². The molecule has 2 rings (SSSR count). The number of carbonyl (C=O) groups excluding carboxylic acids is 1. The molecule has 0 unspecified atom stereocenters. The summed E-state index contributed by atoms with van der Waals surface area (Å²) in [4.78, 5) is 11.2. The lowest BCUT2D eigenvalue weighted by atomic mass is 9.88. The van der Waals surface area contributed by atoms with Crippen LogP contribution in [0.3, 0.4) is 0 Å². The maximum atomic E-state index is 11.2. The molecule has 0 heterocycles. The number of hydrogen-bond acceptors (Lipinski definition) is 1. The van der Waals surface area contributed by atoms with Crippen molar-refractivity contribution in [3.63, 3.8) is 0 Å². The molecular formula is C13H15O. The molecule has 1 aromatic rings. The van der Waals surface area contributed by atoms with Crippen LogP contribution in [0.2, 0.25) is 0 Å². The van der Waals surface area contributed by atoms with Gasteiger partial charge in [-0.2, -0.15) is 0 Å². The average Bonchev–Trinajstić information content (AvgIpc) is 2.16. The van der Waals surface area contributed by atoms with E-state index in [9.17, 15) is 4.79 Å². The molecule has 0 fully saturated rings. The second kappa shape index (κ2) is 3.56. The smallest absolute Gasteiger partial charge is 0.137 e. The maximum Gasteiger partial charge on any atom is 0.137 e. The number of rotatable bonds is 1. The normalized spacial score (nSPS) is 15.8. The molecular weight excluding hydrogens is 172 g/mol. The molecule has 0 N–H and O–H groups in total. The monoisotopic (exact) mass is 187 g/mol. The molecule has 1 nitrogen and oxygen atoms in total. The van der Waals surface area contributed by atoms with Crippen molar-refractivity contribution >= 4 is 5.78 Å². The summed E-state index contributed by atoms with van der Waals surface area (Å²) >= 11 is 0. The van der Waals surface area contributed by atoms with Crippen molar-refractivity contribution in [1.82, 2.24) is 0 Å². The van der Waals surface area contributed by atoms with Gasteiger partial charge in [0.05, 0.1) is 0 Å². The highest BCUT2D eigenvalue weighted by Crippen LogP contribution is 2.25. The molecule has 0 aromatic heterocycles. The molecule has 1 heteroatoms. The lowest BCUT2D eigenvalue weighted by molar-refractivity contribution is -0.118. The SMILES string of the molecule is CC(C)c1ccc2c(c1)[CH]CC(=O)C2. The average molecular weight is 187 g/mol. The summed E-state index contributed by atoms with van der Waals surface area (Å²) in [5.74, 6) is 0.890. The van der Waals surface area contributed by atoms with E-state index in [1.54, 1.807) is 0 Å². The first-order valence-electron chi connectivity index (χ1n) is 5.14.